The maximum absolute atomic E-state index is 5.71. The van der Waals surface area contributed by atoms with Crippen molar-refractivity contribution in [3.05, 3.63) is 71.8 Å². The highest BCUT2D eigenvalue weighted by molar-refractivity contribution is 5.35. The van der Waals surface area contributed by atoms with Crippen molar-refractivity contribution in [2.45, 2.75) is 40.2 Å². The first kappa shape index (κ1) is 18.4. The fourth-order valence-electron chi connectivity index (χ4n) is 1.91. The maximum atomic E-state index is 5.71. The Morgan fingerprint density at radius 3 is 1.20 bits per heavy atom. The van der Waals surface area contributed by atoms with E-state index in [1.54, 1.807) is 7.11 Å². The molecule has 2 aromatic rings. The highest BCUT2D eigenvalue weighted by Crippen LogP contribution is 2.32. The Hall–Kier alpha value is -1.60. The van der Waals surface area contributed by atoms with Gasteiger partial charge in [-0.1, -0.05) is 88.4 Å². The maximum Gasteiger partial charge on any atom is 0.115 e. The first-order valence-corrected chi connectivity index (χ1v) is 7.43. The zero-order valence-electron chi connectivity index (χ0n) is 13.7. The molecular weight excluding hydrogens is 244 g/mol. The largest absolute Gasteiger partial charge is 0.369 e. The third-order valence-corrected chi connectivity index (χ3v) is 3.06. The molecule has 0 spiro atoms. The van der Waals surface area contributed by atoms with Crippen LogP contribution in [0.15, 0.2) is 60.7 Å². The number of hydrogen-bond donors (Lipinski definition) is 0. The zero-order valence-corrected chi connectivity index (χ0v) is 13.7. The molecule has 0 aromatic heterocycles. The normalized spacial score (nSPS) is 9.70. The minimum Gasteiger partial charge on any atom is -0.369 e. The summed E-state index contributed by atoms with van der Waals surface area (Å²) in [5, 5.41) is 0. The molecule has 0 saturated carbocycles. The molecule has 0 amide bonds. The fraction of sp³-hybridized carbons (Fsp3) is 0.368. The highest BCUT2D eigenvalue weighted by Gasteiger charge is 2.27. The second kappa shape index (κ2) is 10.2. The summed E-state index contributed by atoms with van der Waals surface area (Å²) in [6.45, 7) is 10.1. The van der Waals surface area contributed by atoms with Gasteiger partial charge in [-0.15, -0.1) is 0 Å². The SMILES string of the molecule is CC.CC.COC(C)(c1ccccc1)c1ccccc1. The predicted octanol–water partition coefficient (Wildman–Crippen LogP) is 5.65. The molecule has 0 saturated heterocycles. The summed E-state index contributed by atoms with van der Waals surface area (Å²) in [4.78, 5) is 0. The van der Waals surface area contributed by atoms with Gasteiger partial charge in [0.05, 0.1) is 0 Å². The van der Waals surface area contributed by atoms with Gasteiger partial charge >= 0.3 is 0 Å². The fourth-order valence-corrected chi connectivity index (χ4v) is 1.91. The van der Waals surface area contributed by atoms with Crippen LogP contribution in [-0.2, 0) is 10.3 Å². The second-order valence-corrected chi connectivity index (χ2v) is 3.97. The molecule has 110 valence electrons. The summed E-state index contributed by atoms with van der Waals surface area (Å²) in [7, 11) is 1.75. The van der Waals surface area contributed by atoms with Gasteiger partial charge in [0.2, 0.25) is 0 Å². The third kappa shape index (κ3) is 4.50. The van der Waals surface area contributed by atoms with Crippen LogP contribution >= 0.6 is 0 Å². The molecule has 0 bridgehead atoms. The predicted molar refractivity (Wildman–Crippen MR) is 89.0 cm³/mol. The molecule has 0 fully saturated rings. The Kier molecular flexibility index (Phi) is 9.40. The van der Waals surface area contributed by atoms with Crippen LogP contribution in [0.1, 0.15) is 45.7 Å². The van der Waals surface area contributed by atoms with Gasteiger partial charge in [-0.2, -0.15) is 0 Å². The van der Waals surface area contributed by atoms with E-state index in [0.717, 1.165) is 0 Å². The van der Waals surface area contributed by atoms with E-state index in [1.165, 1.54) is 11.1 Å². The van der Waals surface area contributed by atoms with E-state index in [4.69, 9.17) is 4.74 Å². The minimum absolute atomic E-state index is 0.372. The summed E-state index contributed by atoms with van der Waals surface area (Å²) in [5.74, 6) is 0. The van der Waals surface area contributed by atoms with Crippen molar-refractivity contribution < 1.29 is 4.74 Å². The smallest absolute Gasteiger partial charge is 0.115 e. The van der Waals surface area contributed by atoms with Crippen LogP contribution in [0.25, 0.3) is 0 Å². The van der Waals surface area contributed by atoms with E-state index in [1.807, 2.05) is 64.1 Å². The molecule has 0 heterocycles. The summed E-state index contributed by atoms with van der Waals surface area (Å²) in [6.07, 6.45) is 0. The van der Waals surface area contributed by atoms with Crippen LogP contribution in [0.4, 0.5) is 0 Å². The van der Waals surface area contributed by atoms with Crippen molar-refractivity contribution >= 4 is 0 Å². The zero-order chi connectivity index (χ0) is 15.4. The third-order valence-electron chi connectivity index (χ3n) is 3.06. The Morgan fingerprint density at radius 1 is 0.650 bits per heavy atom. The van der Waals surface area contributed by atoms with Crippen LogP contribution in [0.2, 0.25) is 0 Å². The lowest BCUT2D eigenvalue weighted by atomic mass is 9.88. The molecule has 0 aliphatic heterocycles. The average Bonchev–Trinajstić information content (AvgIpc) is 2.59. The van der Waals surface area contributed by atoms with E-state index in [0.29, 0.717) is 0 Å². The van der Waals surface area contributed by atoms with Gasteiger partial charge < -0.3 is 4.74 Å². The van der Waals surface area contributed by atoms with Crippen molar-refractivity contribution in [1.29, 1.82) is 0 Å². The second-order valence-electron chi connectivity index (χ2n) is 3.97. The van der Waals surface area contributed by atoms with Crippen molar-refractivity contribution in [1.82, 2.24) is 0 Å². The van der Waals surface area contributed by atoms with Gasteiger partial charge in [-0.25, -0.2) is 0 Å². The summed E-state index contributed by atoms with van der Waals surface area (Å²) in [6, 6.07) is 20.6. The Labute approximate surface area is 124 Å². The molecule has 0 atom stereocenters. The van der Waals surface area contributed by atoms with Crippen molar-refractivity contribution in [2.24, 2.45) is 0 Å². The van der Waals surface area contributed by atoms with Gasteiger partial charge in [0.15, 0.2) is 0 Å². The van der Waals surface area contributed by atoms with Crippen LogP contribution in [0.5, 0.6) is 0 Å². The summed E-state index contributed by atoms with van der Waals surface area (Å²) < 4.78 is 5.71. The molecule has 20 heavy (non-hydrogen) atoms. The highest BCUT2D eigenvalue weighted by atomic mass is 16.5. The molecule has 0 aliphatic carbocycles. The molecule has 0 N–H and O–H groups in total. The molecular formula is C19H28O. The molecule has 0 aliphatic rings. The van der Waals surface area contributed by atoms with Gasteiger partial charge in [0.25, 0.3) is 0 Å². The van der Waals surface area contributed by atoms with E-state index in [-0.39, 0.29) is 5.60 Å². The topological polar surface area (TPSA) is 9.23 Å². The van der Waals surface area contributed by atoms with E-state index < -0.39 is 0 Å². The van der Waals surface area contributed by atoms with Crippen LogP contribution in [0, 0.1) is 0 Å². The van der Waals surface area contributed by atoms with Crippen molar-refractivity contribution in [2.75, 3.05) is 7.11 Å². The van der Waals surface area contributed by atoms with Crippen LogP contribution in [0.3, 0.4) is 0 Å². The molecule has 1 heteroatoms. The Morgan fingerprint density at radius 2 is 0.950 bits per heavy atom. The van der Waals surface area contributed by atoms with E-state index in [9.17, 15) is 0 Å². The van der Waals surface area contributed by atoms with E-state index in [2.05, 4.69) is 31.2 Å². The lowest BCUT2D eigenvalue weighted by Gasteiger charge is -2.29. The average molecular weight is 272 g/mol. The lowest BCUT2D eigenvalue weighted by Crippen LogP contribution is -2.25. The number of rotatable bonds is 3. The van der Waals surface area contributed by atoms with Crippen molar-refractivity contribution in [3.8, 4) is 0 Å². The van der Waals surface area contributed by atoms with Gasteiger partial charge in [-0.3, -0.25) is 0 Å². The number of methoxy groups -OCH3 is 1. The molecule has 0 unspecified atom stereocenters. The van der Waals surface area contributed by atoms with Crippen LogP contribution in [-0.4, -0.2) is 7.11 Å². The summed E-state index contributed by atoms with van der Waals surface area (Å²) in [5.41, 5.74) is 1.97. The van der Waals surface area contributed by atoms with Gasteiger partial charge in [-0.05, 0) is 18.1 Å². The Balaban J connectivity index is 0.000000829. The monoisotopic (exact) mass is 272 g/mol. The van der Waals surface area contributed by atoms with Gasteiger partial charge in [0.1, 0.15) is 5.60 Å². The number of benzene rings is 2. The first-order valence-electron chi connectivity index (χ1n) is 7.43. The molecule has 2 rings (SSSR count). The Bertz CT molecular complexity index is 394. The first-order chi connectivity index (χ1) is 9.77. The molecule has 2 aromatic carbocycles. The van der Waals surface area contributed by atoms with E-state index >= 15 is 0 Å². The molecule has 1 nitrogen and oxygen atoms in total. The number of hydrogen-bond acceptors (Lipinski definition) is 1. The number of ether oxygens (including phenoxy) is 1. The molecule has 0 radical (unpaired) electrons. The summed E-state index contributed by atoms with van der Waals surface area (Å²) >= 11 is 0. The van der Waals surface area contributed by atoms with Crippen molar-refractivity contribution in [3.63, 3.8) is 0 Å². The quantitative estimate of drug-likeness (QED) is 0.701. The van der Waals surface area contributed by atoms with Gasteiger partial charge in [0, 0.05) is 7.11 Å². The lowest BCUT2D eigenvalue weighted by molar-refractivity contribution is 0.0391. The standard InChI is InChI=1S/C15H16O.2C2H6/c1-15(16-2,13-9-5-3-6-10-13)14-11-7-4-8-12-14;2*1-2/h3-12H,1-2H3;2*1-2H3. The minimum atomic E-state index is -0.372. The van der Waals surface area contributed by atoms with Crippen LogP contribution < -0.4 is 0 Å².